The van der Waals surface area contributed by atoms with Crippen LogP contribution in [0.5, 0.6) is 0 Å². The Kier molecular flexibility index (Phi) is 4.18. The van der Waals surface area contributed by atoms with Crippen molar-refractivity contribution in [1.29, 1.82) is 5.26 Å². The van der Waals surface area contributed by atoms with Gasteiger partial charge in [-0.2, -0.15) is 5.26 Å². The number of carbonyl (C=O) groups is 1. The molecule has 1 aromatic heterocycles. The van der Waals surface area contributed by atoms with E-state index in [2.05, 4.69) is 10.3 Å². The number of pyridine rings is 1. The van der Waals surface area contributed by atoms with Gasteiger partial charge in [-0.15, -0.1) is 0 Å². The number of nitrogens with one attached hydrogen (secondary N) is 1. The third-order valence-electron chi connectivity index (χ3n) is 2.40. The Balaban J connectivity index is 2.23. The van der Waals surface area contributed by atoms with Gasteiger partial charge in [-0.3, -0.25) is 4.79 Å². The molecule has 0 aliphatic heterocycles. The van der Waals surface area contributed by atoms with Crippen LogP contribution in [0.4, 0.5) is 10.1 Å². The van der Waals surface area contributed by atoms with Crippen LogP contribution >= 0.6 is 23.2 Å². The number of benzene rings is 1. The van der Waals surface area contributed by atoms with Gasteiger partial charge >= 0.3 is 0 Å². The topological polar surface area (TPSA) is 65.8 Å². The van der Waals surface area contributed by atoms with Crippen LogP contribution in [-0.2, 0) is 0 Å². The second kappa shape index (κ2) is 5.87. The predicted molar refractivity (Wildman–Crippen MR) is 73.3 cm³/mol. The molecule has 20 heavy (non-hydrogen) atoms. The van der Waals surface area contributed by atoms with Gasteiger partial charge in [0.15, 0.2) is 0 Å². The molecule has 0 aliphatic carbocycles. The minimum atomic E-state index is -0.703. The lowest BCUT2D eigenvalue weighted by Crippen LogP contribution is -2.13. The van der Waals surface area contributed by atoms with Crippen LogP contribution in [0.25, 0.3) is 0 Å². The van der Waals surface area contributed by atoms with Gasteiger partial charge in [0, 0.05) is 6.20 Å². The summed E-state index contributed by atoms with van der Waals surface area (Å²) in [7, 11) is 0. The third-order valence-corrected chi connectivity index (χ3v) is 3.09. The molecule has 0 saturated heterocycles. The number of nitrogens with zero attached hydrogens (tertiary/aromatic N) is 2. The van der Waals surface area contributed by atoms with Crippen molar-refractivity contribution in [1.82, 2.24) is 4.98 Å². The zero-order valence-electron chi connectivity index (χ0n) is 9.82. The maximum absolute atomic E-state index is 13.6. The van der Waals surface area contributed by atoms with Crippen molar-refractivity contribution in [3.05, 3.63) is 57.6 Å². The molecule has 1 heterocycles. The normalized spacial score (nSPS) is 9.90. The molecule has 0 spiro atoms. The number of rotatable bonds is 2. The van der Waals surface area contributed by atoms with Crippen LogP contribution in [0.1, 0.15) is 15.9 Å². The van der Waals surface area contributed by atoms with E-state index in [0.29, 0.717) is 0 Å². The number of anilines is 1. The zero-order chi connectivity index (χ0) is 14.7. The Morgan fingerprint density at radius 2 is 2.10 bits per heavy atom. The summed E-state index contributed by atoms with van der Waals surface area (Å²) < 4.78 is 13.6. The minimum Gasteiger partial charge on any atom is -0.319 e. The summed E-state index contributed by atoms with van der Waals surface area (Å²) >= 11 is 11.4. The second-order valence-corrected chi connectivity index (χ2v) is 4.52. The highest BCUT2D eigenvalue weighted by Gasteiger charge is 2.12. The standard InChI is InChI=1S/C13H6Cl2FN3O/c14-9-4-8(6-18-12(9)15)13(20)19-11-2-1-7(5-17)3-10(11)16/h1-4,6H,(H,19,20). The molecule has 1 N–H and O–H groups in total. The Bertz CT molecular complexity index is 728. The summed E-state index contributed by atoms with van der Waals surface area (Å²) in [5.41, 5.74) is 0.264. The number of carbonyl (C=O) groups excluding carboxylic acids is 1. The molecule has 1 amide bonds. The molecule has 0 aliphatic rings. The number of hydrogen-bond acceptors (Lipinski definition) is 3. The molecule has 100 valence electrons. The van der Waals surface area contributed by atoms with E-state index in [1.165, 1.54) is 24.4 Å². The summed E-state index contributed by atoms with van der Waals surface area (Å²) in [4.78, 5) is 15.6. The van der Waals surface area contributed by atoms with Crippen molar-refractivity contribution in [2.45, 2.75) is 0 Å². The van der Waals surface area contributed by atoms with E-state index >= 15 is 0 Å². The first-order chi connectivity index (χ1) is 9.51. The number of aromatic nitrogens is 1. The molecule has 0 atom stereocenters. The van der Waals surface area contributed by atoms with E-state index < -0.39 is 11.7 Å². The Morgan fingerprint density at radius 1 is 1.35 bits per heavy atom. The fourth-order valence-corrected chi connectivity index (χ4v) is 1.70. The fraction of sp³-hybridized carbons (Fsp3) is 0. The first-order valence-corrected chi connectivity index (χ1v) is 6.09. The largest absolute Gasteiger partial charge is 0.319 e. The van der Waals surface area contributed by atoms with E-state index in [-0.39, 0.29) is 27.0 Å². The molecule has 0 bridgehead atoms. The van der Waals surface area contributed by atoms with Gasteiger partial charge < -0.3 is 5.32 Å². The van der Waals surface area contributed by atoms with Gasteiger partial charge in [-0.05, 0) is 24.3 Å². The first-order valence-electron chi connectivity index (χ1n) is 5.33. The minimum absolute atomic E-state index is 0.0416. The molecule has 0 fully saturated rings. The van der Waals surface area contributed by atoms with E-state index in [1.807, 2.05) is 0 Å². The van der Waals surface area contributed by atoms with E-state index in [0.717, 1.165) is 6.07 Å². The molecule has 0 saturated carbocycles. The van der Waals surface area contributed by atoms with E-state index in [4.69, 9.17) is 28.5 Å². The van der Waals surface area contributed by atoms with Crippen molar-refractivity contribution in [2.75, 3.05) is 5.32 Å². The average molecular weight is 310 g/mol. The molecule has 0 unspecified atom stereocenters. The summed E-state index contributed by atoms with van der Waals surface area (Å²) in [6.07, 6.45) is 1.23. The van der Waals surface area contributed by atoms with Gasteiger partial charge in [0.05, 0.1) is 27.9 Å². The SMILES string of the molecule is N#Cc1ccc(NC(=O)c2cnc(Cl)c(Cl)c2)c(F)c1. The van der Waals surface area contributed by atoms with Gasteiger partial charge in [0.1, 0.15) is 11.0 Å². The maximum Gasteiger partial charge on any atom is 0.257 e. The Labute approximate surface area is 123 Å². The van der Waals surface area contributed by atoms with Gasteiger partial charge in [-0.1, -0.05) is 23.2 Å². The van der Waals surface area contributed by atoms with Crippen LogP contribution in [0.15, 0.2) is 30.5 Å². The van der Waals surface area contributed by atoms with Gasteiger partial charge in [0.2, 0.25) is 0 Å². The molecule has 2 rings (SSSR count). The number of halogens is 3. The van der Waals surface area contributed by atoms with Crippen LogP contribution < -0.4 is 5.32 Å². The summed E-state index contributed by atoms with van der Waals surface area (Å²) in [5, 5.41) is 11.2. The van der Waals surface area contributed by atoms with Crippen molar-refractivity contribution >= 4 is 34.8 Å². The molecule has 0 radical (unpaired) electrons. The summed E-state index contributed by atoms with van der Waals surface area (Å²) in [6.45, 7) is 0. The van der Waals surface area contributed by atoms with Crippen molar-refractivity contribution in [3.63, 3.8) is 0 Å². The molecule has 7 heteroatoms. The highest BCUT2D eigenvalue weighted by molar-refractivity contribution is 6.41. The monoisotopic (exact) mass is 309 g/mol. The van der Waals surface area contributed by atoms with Crippen LogP contribution in [0, 0.1) is 17.1 Å². The number of hydrogen-bond donors (Lipinski definition) is 1. The zero-order valence-corrected chi connectivity index (χ0v) is 11.3. The average Bonchev–Trinajstić information content (AvgIpc) is 2.43. The number of amides is 1. The lowest BCUT2D eigenvalue weighted by Gasteiger charge is -2.07. The predicted octanol–water partition coefficient (Wildman–Crippen LogP) is 3.65. The Hall–Kier alpha value is -2.16. The van der Waals surface area contributed by atoms with Crippen molar-refractivity contribution < 1.29 is 9.18 Å². The van der Waals surface area contributed by atoms with Crippen LogP contribution in [0.2, 0.25) is 10.2 Å². The molecule has 4 nitrogen and oxygen atoms in total. The van der Waals surface area contributed by atoms with Crippen LogP contribution in [0.3, 0.4) is 0 Å². The summed E-state index contributed by atoms with van der Waals surface area (Å²) in [5.74, 6) is -1.29. The quantitative estimate of drug-likeness (QED) is 0.861. The molecule has 1 aromatic carbocycles. The van der Waals surface area contributed by atoms with Gasteiger partial charge in [-0.25, -0.2) is 9.37 Å². The first kappa shape index (κ1) is 14.3. The highest BCUT2D eigenvalue weighted by Crippen LogP contribution is 2.21. The summed E-state index contributed by atoms with van der Waals surface area (Å²) in [6, 6.07) is 6.85. The maximum atomic E-state index is 13.6. The molecule has 2 aromatic rings. The Morgan fingerprint density at radius 3 is 2.70 bits per heavy atom. The van der Waals surface area contributed by atoms with Gasteiger partial charge in [0.25, 0.3) is 5.91 Å². The van der Waals surface area contributed by atoms with Crippen LogP contribution in [-0.4, -0.2) is 10.9 Å². The lowest BCUT2D eigenvalue weighted by molar-refractivity contribution is 0.102. The smallest absolute Gasteiger partial charge is 0.257 e. The third kappa shape index (κ3) is 3.05. The molecular weight excluding hydrogens is 304 g/mol. The lowest BCUT2D eigenvalue weighted by atomic mass is 10.2. The fourth-order valence-electron chi connectivity index (χ4n) is 1.43. The van der Waals surface area contributed by atoms with Crippen molar-refractivity contribution in [2.24, 2.45) is 0 Å². The second-order valence-electron chi connectivity index (χ2n) is 3.76. The molecular formula is C13H6Cl2FN3O. The number of nitriles is 1. The highest BCUT2D eigenvalue weighted by atomic mass is 35.5. The van der Waals surface area contributed by atoms with E-state index in [1.54, 1.807) is 6.07 Å². The van der Waals surface area contributed by atoms with E-state index in [9.17, 15) is 9.18 Å². The van der Waals surface area contributed by atoms with Crippen molar-refractivity contribution in [3.8, 4) is 6.07 Å².